The molecule has 0 aromatic heterocycles. The Bertz CT molecular complexity index is 510. The van der Waals surface area contributed by atoms with E-state index in [0.29, 0.717) is 17.5 Å². The second-order valence-electron chi connectivity index (χ2n) is 4.69. The van der Waals surface area contributed by atoms with Crippen LogP contribution in [0.25, 0.3) is 0 Å². The van der Waals surface area contributed by atoms with Crippen molar-refractivity contribution in [3.8, 4) is 0 Å². The van der Waals surface area contributed by atoms with Crippen LogP contribution in [0.1, 0.15) is 29.3 Å². The van der Waals surface area contributed by atoms with Gasteiger partial charge in [0, 0.05) is 11.5 Å². The van der Waals surface area contributed by atoms with Gasteiger partial charge in [0.15, 0.2) is 0 Å². The fraction of sp³-hybridized carbons (Fsp3) is 0.462. The largest absolute Gasteiger partial charge is 0.419 e. The van der Waals surface area contributed by atoms with E-state index in [1.54, 1.807) is 24.3 Å². The van der Waals surface area contributed by atoms with Gasteiger partial charge in [0.05, 0.1) is 12.2 Å². The molecule has 2 unspecified atom stereocenters. The van der Waals surface area contributed by atoms with Gasteiger partial charge in [0.1, 0.15) is 0 Å². The molecule has 5 heteroatoms. The average Bonchev–Trinajstić information content (AvgIpc) is 2.78. The lowest BCUT2D eigenvalue weighted by Crippen LogP contribution is -2.52. The Labute approximate surface area is 104 Å². The molecule has 3 rings (SSSR count). The number of carbonyl (C=O) groups is 1. The van der Waals surface area contributed by atoms with Gasteiger partial charge in [-0.3, -0.25) is 0 Å². The molecule has 1 spiro atoms. The first-order chi connectivity index (χ1) is 8.53. The van der Waals surface area contributed by atoms with E-state index in [1.807, 2.05) is 6.92 Å². The van der Waals surface area contributed by atoms with E-state index in [0.717, 1.165) is 0 Å². The molecule has 0 saturated carbocycles. The highest BCUT2D eigenvalue weighted by molar-refractivity contribution is 5.94. The Morgan fingerprint density at radius 1 is 1.39 bits per heavy atom. The number of rotatable bonds is 1. The zero-order chi connectivity index (χ0) is 13.0. The summed E-state index contributed by atoms with van der Waals surface area (Å²) in [6.45, 7) is 1.97. The summed E-state index contributed by atoms with van der Waals surface area (Å²) in [4.78, 5) is 11.8. The first kappa shape index (κ1) is 11.6. The molecule has 0 aliphatic carbocycles. The molecular formula is C13H14O5. The monoisotopic (exact) mass is 250 g/mol. The van der Waals surface area contributed by atoms with Crippen molar-refractivity contribution < 1.29 is 24.5 Å². The molecule has 1 fully saturated rings. The van der Waals surface area contributed by atoms with Gasteiger partial charge in [-0.2, -0.15) is 0 Å². The summed E-state index contributed by atoms with van der Waals surface area (Å²) >= 11 is 0. The first-order valence-electron chi connectivity index (χ1n) is 5.94. The highest BCUT2D eigenvalue weighted by atomic mass is 16.8. The molecule has 2 heterocycles. The standard InChI is InChI=1S/C13H14O5/c1-2-8-7-17-13(12(8,15)16)10-6-4-3-5-9(10)11(14)18-13/h3-6,8,15-16H,2,7H2,1H3. The van der Waals surface area contributed by atoms with Crippen LogP contribution in [0.15, 0.2) is 24.3 Å². The van der Waals surface area contributed by atoms with Crippen LogP contribution in [0, 0.1) is 5.92 Å². The molecule has 2 atom stereocenters. The van der Waals surface area contributed by atoms with E-state index in [1.165, 1.54) is 0 Å². The molecule has 1 saturated heterocycles. The minimum Gasteiger partial charge on any atom is -0.419 e. The lowest BCUT2D eigenvalue weighted by atomic mass is 9.88. The Kier molecular flexibility index (Phi) is 2.29. The van der Waals surface area contributed by atoms with Gasteiger partial charge in [0.25, 0.3) is 5.79 Å². The number of hydrogen-bond acceptors (Lipinski definition) is 5. The molecule has 1 aromatic carbocycles. The third kappa shape index (κ3) is 1.19. The number of aliphatic hydroxyl groups is 2. The molecule has 0 amide bonds. The van der Waals surface area contributed by atoms with E-state index in [9.17, 15) is 15.0 Å². The number of ether oxygens (including phenoxy) is 2. The van der Waals surface area contributed by atoms with Crippen molar-refractivity contribution in [3.05, 3.63) is 35.4 Å². The minimum absolute atomic E-state index is 0.144. The van der Waals surface area contributed by atoms with Crippen LogP contribution in [0.5, 0.6) is 0 Å². The van der Waals surface area contributed by atoms with Crippen molar-refractivity contribution in [2.75, 3.05) is 6.61 Å². The van der Waals surface area contributed by atoms with Crippen LogP contribution in [-0.2, 0) is 15.3 Å². The molecular weight excluding hydrogens is 236 g/mol. The zero-order valence-corrected chi connectivity index (χ0v) is 9.92. The lowest BCUT2D eigenvalue weighted by molar-refractivity contribution is -0.339. The summed E-state index contributed by atoms with van der Waals surface area (Å²) in [6.07, 6.45) is 0.522. The molecule has 2 N–H and O–H groups in total. The highest BCUT2D eigenvalue weighted by Crippen LogP contribution is 2.52. The third-order valence-electron chi connectivity index (χ3n) is 3.77. The van der Waals surface area contributed by atoms with Crippen LogP contribution in [-0.4, -0.2) is 28.6 Å². The van der Waals surface area contributed by atoms with Crippen LogP contribution in [0.2, 0.25) is 0 Å². The van der Waals surface area contributed by atoms with Crippen molar-refractivity contribution in [1.29, 1.82) is 0 Å². The number of hydrogen-bond donors (Lipinski definition) is 2. The van der Waals surface area contributed by atoms with Gasteiger partial charge in [0.2, 0.25) is 5.79 Å². The normalized spacial score (nSPS) is 32.6. The predicted molar refractivity (Wildman–Crippen MR) is 60.4 cm³/mol. The van der Waals surface area contributed by atoms with Gasteiger partial charge in [-0.15, -0.1) is 0 Å². The number of benzene rings is 1. The SMILES string of the molecule is CCC1COC2(OC(=O)c3ccccc32)C1(O)O. The van der Waals surface area contributed by atoms with Crippen molar-refractivity contribution in [1.82, 2.24) is 0 Å². The van der Waals surface area contributed by atoms with Gasteiger partial charge in [-0.1, -0.05) is 25.1 Å². The van der Waals surface area contributed by atoms with Gasteiger partial charge >= 0.3 is 5.97 Å². The fourth-order valence-corrected chi connectivity index (χ4v) is 2.68. The topological polar surface area (TPSA) is 76.0 Å². The lowest BCUT2D eigenvalue weighted by Gasteiger charge is -2.34. The van der Waals surface area contributed by atoms with Crippen molar-refractivity contribution in [2.24, 2.45) is 5.92 Å². The second-order valence-corrected chi connectivity index (χ2v) is 4.69. The third-order valence-corrected chi connectivity index (χ3v) is 3.77. The number of carbonyl (C=O) groups excluding carboxylic acids is 1. The van der Waals surface area contributed by atoms with Gasteiger partial charge < -0.3 is 19.7 Å². The smallest absolute Gasteiger partial charge is 0.341 e. The van der Waals surface area contributed by atoms with Crippen molar-refractivity contribution in [3.63, 3.8) is 0 Å². The Morgan fingerprint density at radius 2 is 2.11 bits per heavy atom. The molecule has 18 heavy (non-hydrogen) atoms. The number of fused-ring (bicyclic) bond motifs is 2. The minimum atomic E-state index is -2.20. The molecule has 2 aliphatic heterocycles. The van der Waals surface area contributed by atoms with Crippen LogP contribution >= 0.6 is 0 Å². The Hall–Kier alpha value is -1.43. The van der Waals surface area contributed by atoms with E-state index in [-0.39, 0.29) is 6.61 Å². The maximum atomic E-state index is 11.8. The number of esters is 1. The fourth-order valence-electron chi connectivity index (χ4n) is 2.68. The molecule has 96 valence electrons. The van der Waals surface area contributed by atoms with Crippen molar-refractivity contribution in [2.45, 2.75) is 24.9 Å². The molecule has 0 radical (unpaired) electrons. The summed E-state index contributed by atoms with van der Waals surface area (Å²) < 4.78 is 10.6. The predicted octanol–water partition coefficient (Wildman–Crippen LogP) is 0.747. The Morgan fingerprint density at radius 3 is 2.78 bits per heavy atom. The molecule has 1 aromatic rings. The van der Waals surface area contributed by atoms with Gasteiger partial charge in [-0.05, 0) is 12.5 Å². The highest BCUT2D eigenvalue weighted by Gasteiger charge is 2.67. The maximum Gasteiger partial charge on any atom is 0.341 e. The Balaban J connectivity index is 2.17. The quantitative estimate of drug-likeness (QED) is 0.568. The summed E-state index contributed by atoms with van der Waals surface area (Å²) in [5, 5.41) is 20.6. The first-order valence-corrected chi connectivity index (χ1v) is 5.94. The van der Waals surface area contributed by atoms with Gasteiger partial charge in [-0.25, -0.2) is 4.79 Å². The molecule has 0 bridgehead atoms. The molecule has 2 aliphatic rings. The van der Waals surface area contributed by atoms with E-state index < -0.39 is 23.5 Å². The van der Waals surface area contributed by atoms with Crippen LogP contribution in [0.3, 0.4) is 0 Å². The average molecular weight is 250 g/mol. The second kappa shape index (κ2) is 3.54. The van der Waals surface area contributed by atoms with E-state index in [2.05, 4.69) is 0 Å². The molecule has 5 nitrogen and oxygen atoms in total. The van der Waals surface area contributed by atoms with Crippen LogP contribution < -0.4 is 0 Å². The van der Waals surface area contributed by atoms with E-state index >= 15 is 0 Å². The van der Waals surface area contributed by atoms with Crippen LogP contribution in [0.4, 0.5) is 0 Å². The summed E-state index contributed by atoms with van der Waals surface area (Å²) in [7, 11) is 0. The maximum absolute atomic E-state index is 11.8. The van der Waals surface area contributed by atoms with E-state index in [4.69, 9.17) is 9.47 Å². The summed E-state index contributed by atoms with van der Waals surface area (Å²) in [5.41, 5.74) is 0.706. The zero-order valence-electron chi connectivity index (χ0n) is 9.92. The summed E-state index contributed by atoms with van der Waals surface area (Å²) in [5.74, 6) is -5.06. The van der Waals surface area contributed by atoms with Crippen molar-refractivity contribution >= 4 is 5.97 Å². The summed E-state index contributed by atoms with van der Waals surface area (Å²) in [6, 6.07) is 6.62.